The summed E-state index contributed by atoms with van der Waals surface area (Å²) in [5, 5.41) is 2.51. The normalized spacial score (nSPS) is 19.4. The lowest BCUT2D eigenvalue weighted by atomic mass is 9.87. The average Bonchev–Trinajstić information content (AvgIpc) is 2.73. The Bertz CT molecular complexity index is 793. The number of carbonyl (C=O) groups is 2. The molecular weight excluding hydrogens is 378 g/mol. The molecule has 2 N–H and O–H groups in total. The van der Waals surface area contributed by atoms with E-state index in [9.17, 15) is 18.0 Å². The lowest BCUT2D eigenvalue weighted by Crippen LogP contribution is -2.48. The fourth-order valence-electron chi connectivity index (χ4n) is 4.04. The maximum absolute atomic E-state index is 12.6. The summed E-state index contributed by atoms with van der Waals surface area (Å²) in [7, 11) is -2.12. The van der Waals surface area contributed by atoms with E-state index in [0.29, 0.717) is 31.5 Å². The van der Waals surface area contributed by atoms with E-state index >= 15 is 0 Å². The number of hydrogen-bond acceptors (Lipinski definition) is 4. The summed E-state index contributed by atoms with van der Waals surface area (Å²) in [5.41, 5.74) is 0.413. The summed E-state index contributed by atoms with van der Waals surface area (Å²) in [6, 6.07) is 5.69. The Hall–Kier alpha value is -1.93. The monoisotopic (exact) mass is 407 g/mol. The van der Waals surface area contributed by atoms with Crippen molar-refractivity contribution in [2.45, 2.75) is 55.9 Å². The second-order valence-electron chi connectivity index (χ2n) is 7.66. The van der Waals surface area contributed by atoms with Gasteiger partial charge in [0.15, 0.2) is 0 Å². The van der Waals surface area contributed by atoms with Gasteiger partial charge in [0.25, 0.3) is 5.91 Å². The van der Waals surface area contributed by atoms with Crippen molar-refractivity contribution in [1.29, 1.82) is 0 Å². The van der Waals surface area contributed by atoms with Gasteiger partial charge in [-0.3, -0.25) is 9.59 Å². The fourth-order valence-corrected chi connectivity index (χ4v) is 5.35. The van der Waals surface area contributed by atoms with Crippen LogP contribution in [0.25, 0.3) is 0 Å². The summed E-state index contributed by atoms with van der Waals surface area (Å²) in [4.78, 5) is 26.3. The average molecular weight is 408 g/mol. The molecule has 1 aromatic rings. The Kier molecular flexibility index (Phi) is 6.72. The maximum Gasteiger partial charge on any atom is 0.251 e. The number of rotatable bonds is 5. The molecule has 7 nitrogen and oxygen atoms in total. The van der Waals surface area contributed by atoms with Crippen molar-refractivity contribution in [3.8, 4) is 0 Å². The first-order valence-electron chi connectivity index (χ1n) is 10.0. The van der Waals surface area contributed by atoms with Crippen molar-refractivity contribution >= 4 is 21.8 Å². The molecule has 1 heterocycles. The number of nitrogens with one attached hydrogen (secondary N) is 2. The number of likely N-dealkylation sites (tertiary alicyclic amines) is 1. The highest BCUT2D eigenvalue weighted by Gasteiger charge is 2.30. The summed E-state index contributed by atoms with van der Waals surface area (Å²) in [6.45, 7) is 1.19. The molecule has 28 heavy (non-hydrogen) atoms. The third kappa shape index (κ3) is 4.91. The van der Waals surface area contributed by atoms with Gasteiger partial charge in [0.1, 0.15) is 0 Å². The Labute approximate surface area is 166 Å². The zero-order chi connectivity index (χ0) is 20.1. The molecule has 0 atom stereocenters. The molecule has 8 heteroatoms. The number of piperidine rings is 1. The van der Waals surface area contributed by atoms with Crippen molar-refractivity contribution in [3.05, 3.63) is 29.8 Å². The molecule has 0 radical (unpaired) electrons. The van der Waals surface area contributed by atoms with E-state index in [1.807, 2.05) is 4.90 Å². The van der Waals surface area contributed by atoms with Gasteiger partial charge in [-0.1, -0.05) is 19.3 Å². The minimum Gasteiger partial charge on any atom is -0.355 e. The van der Waals surface area contributed by atoms with Gasteiger partial charge in [-0.15, -0.1) is 0 Å². The van der Waals surface area contributed by atoms with Crippen molar-refractivity contribution in [2.75, 3.05) is 20.1 Å². The third-order valence-corrected chi connectivity index (χ3v) is 7.27. The van der Waals surface area contributed by atoms with Gasteiger partial charge >= 0.3 is 0 Å². The predicted octanol–water partition coefficient (Wildman–Crippen LogP) is 1.90. The molecule has 1 aromatic carbocycles. The summed E-state index contributed by atoms with van der Waals surface area (Å²) >= 11 is 0. The first-order chi connectivity index (χ1) is 13.4. The minimum absolute atomic E-state index is 0.140. The molecule has 2 aliphatic rings. The van der Waals surface area contributed by atoms with E-state index in [4.69, 9.17) is 0 Å². The molecule has 2 fully saturated rings. The molecule has 0 spiro atoms. The van der Waals surface area contributed by atoms with Crippen LogP contribution in [-0.2, 0) is 14.8 Å². The zero-order valence-electron chi connectivity index (χ0n) is 16.3. The van der Waals surface area contributed by atoms with Crippen LogP contribution in [0.1, 0.15) is 55.3 Å². The van der Waals surface area contributed by atoms with E-state index in [2.05, 4.69) is 10.0 Å². The second-order valence-corrected chi connectivity index (χ2v) is 9.37. The standard InChI is InChI=1S/C20H29N3O4S/c1-21-19(24)15-7-9-18(10-8-15)28(26,27)22-17-11-13-23(14-12-17)20(25)16-5-3-2-4-6-16/h7-10,16-17,22H,2-6,11-14H2,1H3,(H,21,24). The van der Waals surface area contributed by atoms with E-state index < -0.39 is 10.0 Å². The molecule has 0 bridgehead atoms. The molecule has 0 unspecified atom stereocenters. The Balaban J connectivity index is 1.54. The Morgan fingerprint density at radius 3 is 2.14 bits per heavy atom. The van der Waals surface area contributed by atoms with Crippen LogP contribution in [0.4, 0.5) is 0 Å². The van der Waals surface area contributed by atoms with Crippen LogP contribution >= 0.6 is 0 Å². The maximum atomic E-state index is 12.6. The topological polar surface area (TPSA) is 95.6 Å². The summed E-state index contributed by atoms with van der Waals surface area (Å²) < 4.78 is 28.0. The van der Waals surface area contributed by atoms with E-state index in [-0.39, 0.29) is 28.7 Å². The number of carbonyl (C=O) groups excluding carboxylic acids is 2. The largest absolute Gasteiger partial charge is 0.355 e. The number of benzene rings is 1. The molecule has 154 valence electrons. The molecule has 2 amide bonds. The lowest BCUT2D eigenvalue weighted by Gasteiger charge is -2.35. The van der Waals surface area contributed by atoms with Crippen LogP contribution in [0.5, 0.6) is 0 Å². The van der Waals surface area contributed by atoms with Crippen LogP contribution in [-0.4, -0.2) is 51.3 Å². The molecule has 1 saturated heterocycles. The molecule has 1 saturated carbocycles. The van der Waals surface area contributed by atoms with Crippen molar-refractivity contribution < 1.29 is 18.0 Å². The van der Waals surface area contributed by atoms with Crippen LogP contribution in [0.3, 0.4) is 0 Å². The Morgan fingerprint density at radius 2 is 1.57 bits per heavy atom. The van der Waals surface area contributed by atoms with Gasteiger partial charge in [-0.25, -0.2) is 13.1 Å². The van der Waals surface area contributed by atoms with Gasteiger partial charge in [0.05, 0.1) is 4.90 Å². The minimum atomic E-state index is -3.65. The summed E-state index contributed by atoms with van der Waals surface area (Å²) in [6.07, 6.45) is 6.69. The van der Waals surface area contributed by atoms with E-state index in [1.54, 1.807) is 0 Å². The van der Waals surface area contributed by atoms with Gasteiger partial charge in [-0.05, 0) is 49.9 Å². The summed E-state index contributed by atoms with van der Waals surface area (Å²) in [5.74, 6) is 0.138. The smallest absolute Gasteiger partial charge is 0.251 e. The highest BCUT2D eigenvalue weighted by atomic mass is 32.2. The Morgan fingerprint density at radius 1 is 0.964 bits per heavy atom. The first-order valence-corrected chi connectivity index (χ1v) is 11.5. The third-order valence-electron chi connectivity index (χ3n) is 5.74. The zero-order valence-corrected chi connectivity index (χ0v) is 17.1. The predicted molar refractivity (Wildman–Crippen MR) is 106 cm³/mol. The van der Waals surface area contributed by atoms with Crippen molar-refractivity contribution in [1.82, 2.24) is 14.9 Å². The van der Waals surface area contributed by atoms with E-state index in [0.717, 1.165) is 25.7 Å². The first kappa shape index (κ1) is 20.8. The molecule has 3 rings (SSSR count). The molecule has 0 aromatic heterocycles. The van der Waals surface area contributed by atoms with Crippen molar-refractivity contribution in [2.24, 2.45) is 5.92 Å². The number of amides is 2. The van der Waals surface area contributed by atoms with Crippen LogP contribution < -0.4 is 10.0 Å². The molecule has 1 aliphatic heterocycles. The highest BCUT2D eigenvalue weighted by molar-refractivity contribution is 7.89. The van der Waals surface area contributed by atoms with Gasteiger partial charge in [-0.2, -0.15) is 0 Å². The van der Waals surface area contributed by atoms with Gasteiger partial charge in [0, 0.05) is 37.7 Å². The number of hydrogen-bond donors (Lipinski definition) is 2. The lowest BCUT2D eigenvalue weighted by molar-refractivity contribution is -0.137. The SMILES string of the molecule is CNC(=O)c1ccc(S(=O)(=O)NC2CCN(C(=O)C3CCCCC3)CC2)cc1. The van der Waals surface area contributed by atoms with E-state index in [1.165, 1.54) is 37.7 Å². The quantitative estimate of drug-likeness (QED) is 0.779. The van der Waals surface area contributed by atoms with Crippen LogP contribution in [0.2, 0.25) is 0 Å². The van der Waals surface area contributed by atoms with Gasteiger partial charge < -0.3 is 10.2 Å². The number of nitrogens with zero attached hydrogens (tertiary/aromatic N) is 1. The fraction of sp³-hybridized carbons (Fsp3) is 0.600. The highest BCUT2D eigenvalue weighted by Crippen LogP contribution is 2.27. The van der Waals surface area contributed by atoms with Crippen molar-refractivity contribution in [3.63, 3.8) is 0 Å². The van der Waals surface area contributed by atoms with Crippen LogP contribution in [0, 0.1) is 5.92 Å². The number of sulfonamides is 1. The second kappa shape index (κ2) is 9.05. The van der Waals surface area contributed by atoms with Gasteiger partial charge in [0.2, 0.25) is 15.9 Å². The van der Waals surface area contributed by atoms with Crippen LogP contribution in [0.15, 0.2) is 29.2 Å². The molecule has 1 aliphatic carbocycles. The molecular formula is C20H29N3O4S.